The van der Waals surface area contributed by atoms with E-state index < -0.39 is 5.97 Å². The second kappa shape index (κ2) is 6.27. The number of Topliss-reactive ketones (excluding diaryl/α,β-unsaturated/α-hetero) is 1. The summed E-state index contributed by atoms with van der Waals surface area (Å²) in [7, 11) is 1.55. The molecule has 0 aliphatic heterocycles. The molecule has 0 unspecified atom stereocenters. The summed E-state index contributed by atoms with van der Waals surface area (Å²) in [5.41, 5.74) is 0.489. The van der Waals surface area contributed by atoms with E-state index in [1.165, 1.54) is 0 Å². The van der Waals surface area contributed by atoms with Gasteiger partial charge in [0.2, 0.25) is 0 Å². The number of carbonyl (C=O) groups excluding carboxylic acids is 2. The van der Waals surface area contributed by atoms with Crippen molar-refractivity contribution in [2.45, 2.75) is 0 Å². The maximum atomic E-state index is 11.5. The minimum Gasteiger partial charge on any atom is -0.497 e. The lowest BCUT2D eigenvalue weighted by atomic mass is 10.1. The molecule has 4 nitrogen and oxygen atoms in total. The maximum absolute atomic E-state index is 11.5. The van der Waals surface area contributed by atoms with E-state index in [1.807, 2.05) is 0 Å². The SMILES string of the molecule is COc1ccc(C(=O)COC(=O)CBr)cc1. The standard InChI is InChI=1S/C11H11BrO4/c1-15-9-4-2-8(3-5-9)10(13)7-16-11(14)6-12/h2-5H,6-7H2,1H3. The van der Waals surface area contributed by atoms with Gasteiger partial charge in [-0.05, 0) is 24.3 Å². The maximum Gasteiger partial charge on any atom is 0.317 e. The van der Waals surface area contributed by atoms with Crippen molar-refractivity contribution < 1.29 is 19.1 Å². The van der Waals surface area contributed by atoms with Gasteiger partial charge in [0.15, 0.2) is 12.4 Å². The Labute approximate surface area is 102 Å². The molecule has 0 atom stereocenters. The molecule has 0 aliphatic rings. The lowest BCUT2D eigenvalue weighted by molar-refractivity contribution is -0.139. The molecule has 0 fully saturated rings. The molecule has 0 radical (unpaired) electrons. The Morgan fingerprint density at radius 1 is 1.25 bits per heavy atom. The Morgan fingerprint density at radius 3 is 2.38 bits per heavy atom. The number of benzene rings is 1. The average molecular weight is 287 g/mol. The van der Waals surface area contributed by atoms with Crippen LogP contribution in [0.1, 0.15) is 10.4 Å². The van der Waals surface area contributed by atoms with Crippen LogP contribution in [0.4, 0.5) is 0 Å². The van der Waals surface area contributed by atoms with Gasteiger partial charge in [-0.2, -0.15) is 0 Å². The number of hydrogen-bond donors (Lipinski definition) is 0. The molecule has 0 spiro atoms. The van der Waals surface area contributed by atoms with Crippen LogP contribution in [0.2, 0.25) is 0 Å². The van der Waals surface area contributed by atoms with Crippen LogP contribution >= 0.6 is 15.9 Å². The minimum absolute atomic E-state index is 0.0862. The first kappa shape index (κ1) is 12.7. The summed E-state index contributed by atoms with van der Waals surface area (Å²) in [4.78, 5) is 22.3. The third-order valence-electron chi connectivity index (χ3n) is 1.89. The molecule has 0 aromatic heterocycles. The van der Waals surface area contributed by atoms with Gasteiger partial charge in [0.25, 0.3) is 0 Å². The number of methoxy groups -OCH3 is 1. The van der Waals surface area contributed by atoms with Gasteiger partial charge in [0.1, 0.15) is 11.1 Å². The fraction of sp³-hybridized carbons (Fsp3) is 0.273. The molecule has 1 aromatic rings. The van der Waals surface area contributed by atoms with Crippen LogP contribution in [0.5, 0.6) is 5.75 Å². The van der Waals surface area contributed by atoms with E-state index in [2.05, 4.69) is 15.9 Å². The number of ether oxygens (including phenoxy) is 2. The normalized spacial score (nSPS) is 9.62. The summed E-state index contributed by atoms with van der Waals surface area (Å²) < 4.78 is 9.66. The molecule has 0 amide bonds. The summed E-state index contributed by atoms with van der Waals surface area (Å²) in [5, 5.41) is 0.0862. The lowest BCUT2D eigenvalue weighted by Gasteiger charge is -2.03. The topological polar surface area (TPSA) is 52.6 Å². The van der Waals surface area contributed by atoms with E-state index in [0.29, 0.717) is 11.3 Å². The van der Waals surface area contributed by atoms with Crippen molar-refractivity contribution >= 4 is 27.7 Å². The monoisotopic (exact) mass is 286 g/mol. The van der Waals surface area contributed by atoms with Gasteiger partial charge in [0.05, 0.1) is 7.11 Å². The molecule has 0 N–H and O–H groups in total. The largest absolute Gasteiger partial charge is 0.497 e. The molecule has 0 aliphatic carbocycles. The molecule has 16 heavy (non-hydrogen) atoms. The van der Waals surface area contributed by atoms with Crippen LogP contribution in [0.3, 0.4) is 0 Å². The van der Waals surface area contributed by atoms with Crippen molar-refractivity contribution in [2.24, 2.45) is 0 Å². The Hall–Kier alpha value is -1.36. The molecule has 86 valence electrons. The van der Waals surface area contributed by atoms with E-state index in [-0.39, 0.29) is 17.7 Å². The summed E-state index contributed by atoms with van der Waals surface area (Å²) in [6.07, 6.45) is 0. The van der Waals surface area contributed by atoms with Gasteiger partial charge in [-0.25, -0.2) is 0 Å². The zero-order valence-electron chi connectivity index (χ0n) is 8.73. The van der Waals surface area contributed by atoms with Gasteiger partial charge in [-0.3, -0.25) is 9.59 Å². The van der Waals surface area contributed by atoms with Crippen LogP contribution < -0.4 is 4.74 Å². The number of halogens is 1. The molecule has 0 bridgehead atoms. The second-order valence-electron chi connectivity index (χ2n) is 2.95. The summed E-state index contributed by atoms with van der Waals surface area (Å²) >= 11 is 2.94. The van der Waals surface area contributed by atoms with Gasteiger partial charge >= 0.3 is 5.97 Å². The Bertz CT molecular complexity index is 372. The number of alkyl halides is 1. The predicted molar refractivity (Wildman–Crippen MR) is 62.1 cm³/mol. The first-order valence-electron chi connectivity index (χ1n) is 4.56. The molecule has 5 heteroatoms. The number of carbonyl (C=O) groups is 2. The smallest absolute Gasteiger partial charge is 0.317 e. The summed E-state index contributed by atoms with van der Waals surface area (Å²) in [5.74, 6) is -0.0205. The van der Waals surface area contributed by atoms with E-state index in [9.17, 15) is 9.59 Å². The van der Waals surface area contributed by atoms with Crippen molar-refractivity contribution in [1.82, 2.24) is 0 Å². The van der Waals surface area contributed by atoms with E-state index in [1.54, 1.807) is 31.4 Å². The minimum atomic E-state index is -0.457. The third kappa shape index (κ3) is 3.66. The third-order valence-corrected chi connectivity index (χ3v) is 2.34. The predicted octanol–water partition coefficient (Wildman–Crippen LogP) is 1.82. The van der Waals surface area contributed by atoms with Crippen LogP contribution in [0.25, 0.3) is 0 Å². The fourth-order valence-electron chi connectivity index (χ4n) is 1.04. The number of esters is 1. The number of hydrogen-bond acceptors (Lipinski definition) is 4. The molecular weight excluding hydrogens is 276 g/mol. The molecule has 1 rings (SSSR count). The summed E-state index contributed by atoms with van der Waals surface area (Å²) in [6.45, 7) is -0.239. The summed E-state index contributed by atoms with van der Waals surface area (Å²) in [6, 6.07) is 6.62. The zero-order valence-corrected chi connectivity index (χ0v) is 10.3. The van der Waals surface area contributed by atoms with Crippen molar-refractivity contribution in [2.75, 3.05) is 19.0 Å². The van der Waals surface area contributed by atoms with Crippen molar-refractivity contribution in [3.63, 3.8) is 0 Å². The van der Waals surface area contributed by atoms with Gasteiger partial charge in [-0.15, -0.1) is 0 Å². The first-order chi connectivity index (χ1) is 7.67. The molecule has 0 heterocycles. The number of ketones is 1. The zero-order chi connectivity index (χ0) is 12.0. The van der Waals surface area contributed by atoms with Crippen molar-refractivity contribution in [1.29, 1.82) is 0 Å². The second-order valence-corrected chi connectivity index (χ2v) is 3.51. The highest BCUT2D eigenvalue weighted by Crippen LogP contribution is 2.11. The number of rotatable bonds is 5. The van der Waals surface area contributed by atoms with Crippen molar-refractivity contribution in [3.8, 4) is 5.75 Å². The van der Waals surface area contributed by atoms with Crippen LogP contribution in [0, 0.1) is 0 Å². The quantitative estimate of drug-likeness (QED) is 0.471. The van der Waals surface area contributed by atoms with Gasteiger partial charge < -0.3 is 9.47 Å². The first-order valence-corrected chi connectivity index (χ1v) is 5.68. The molecule has 1 aromatic carbocycles. The fourth-order valence-corrected chi connectivity index (χ4v) is 1.21. The van der Waals surface area contributed by atoms with Gasteiger partial charge in [-0.1, -0.05) is 15.9 Å². The van der Waals surface area contributed by atoms with E-state index >= 15 is 0 Å². The Kier molecular flexibility index (Phi) is 4.98. The highest BCUT2D eigenvalue weighted by atomic mass is 79.9. The lowest BCUT2D eigenvalue weighted by Crippen LogP contribution is -2.14. The van der Waals surface area contributed by atoms with Crippen LogP contribution in [-0.4, -0.2) is 30.8 Å². The van der Waals surface area contributed by atoms with E-state index in [4.69, 9.17) is 9.47 Å². The molecular formula is C11H11BrO4. The van der Waals surface area contributed by atoms with Crippen molar-refractivity contribution in [3.05, 3.63) is 29.8 Å². The Morgan fingerprint density at radius 2 is 1.88 bits per heavy atom. The highest BCUT2D eigenvalue weighted by Gasteiger charge is 2.08. The average Bonchev–Trinajstić information content (AvgIpc) is 2.35. The van der Waals surface area contributed by atoms with Crippen LogP contribution in [-0.2, 0) is 9.53 Å². The highest BCUT2D eigenvalue weighted by molar-refractivity contribution is 9.09. The van der Waals surface area contributed by atoms with Gasteiger partial charge in [0, 0.05) is 5.56 Å². The van der Waals surface area contributed by atoms with E-state index in [0.717, 1.165) is 0 Å². The molecule has 0 saturated heterocycles. The molecule has 0 saturated carbocycles. The van der Waals surface area contributed by atoms with Crippen LogP contribution in [0.15, 0.2) is 24.3 Å². The Balaban J connectivity index is 2.56.